The molecule has 0 spiro atoms. The van der Waals surface area contributed by atoms with Crippen LogP contribution in [0.25, 0.3) is 0 Å². The largest absolute Gasteiger partial charge is 0.327 e. The van der Waals surface area contributed by atoms with E-state index in [2.05, 4.69) is 34.6 Å². The lowest BCUT2D eigenvalue weighted by atomic mass is 9.75. The summed E-state index contributed by atoms with van der Waals surface area (Å²) in [6.45, 7) is 12.0. The fourth-order valence-corrected chi connectivity index (χ4v) is 6.09. The maximum atomic E-state index is 6.52. The molecule has 23 heavy (non-hydrogen) atoms. The molecule has 2 fully saturated rings. The van der Waals surface area contributed by atoms with E-state index in [-0.39, 0.29) is 0 Å². The van der Waals surface area contributed by atoms with Crippen LogP contribution in [0.15, 0.2) is 0 Å². The summed E-state index contributed by atoms with van der Waals surface area (Å²) < 4.78 is 0. The SMILES string of the molecule is CCCC(N)C1CC2C(C)CC(C(CCC)CC(C)CC)C2C1. The Morgan fingerprint density at radius 3 is 2.22 bits per heavy atom. The first-order valence-electron chi connectivity index (χ1n) is 10.8. The van der Waals surface area contributed by atoms with Crippen molar-refractivity contribution in [3.63, 3.8) is 0 Å². The van der Waals surface area contributed by atoms with Crippen molar-refractivity contribution in [3.8, 4) is 0 Å². The highest BCUT2D eigenvalue weighted by atomic mass is 14.7. The Bertz CT molecular complexity index is 339. The predicted molar refractivity (Wildman–Crippen MR) is 102 cm³/mol. The van der Waals surface area contributed by atoms with Crippen molar-refractivity contribution in [2.24, 2.45) is 47.2 Å². The number of rotatable bonds is 9. The van der Waals surface area contributed by atoms with E-state index >= 15 is 0 Å². The second-order valence-corrected chi connectivity index (χ2v) is 9.19. The van der Waals surface area contributed by atoms with Crippen molar-refractivity contribution in [1.82, 2.24) is 0 Å². The number of hydrogen-bond acceptors (Lipinski definition) is 1. The Kier molecular flexibility index (Phi) is 7.45. The number of fused-ring (bicyclic) bond motifs is 1. The summed E-state index contributed by atoms with van der Waals surface area (Å²) >= 11 is 0. The first-order valence-corrected chi connectivity index (χ1v) is 10.8. The molecule has 2 N–H and O–H groups in total. The minimum atomic E-state index is 0.470. The lowest BCUT2D eigenvalue weighted by Crippen LogP contribution is -2.29. The van der Waals surface area contributed by atoms with Crippen LogP contribution in [0, 0.1) is 41.4 Å². The second kappa shape index (κ2) is 8.88. The van der Waals surface area contributed by atoms with Crippen LogP contribution in [0.1, 0.15) is 92.4 Å². The molecule has 2 rings (SSSR count). The highest BCUT2D eigenvalue weighted by Gasteiger charge is 2.49. The van der Waals surface area contributed by atoms with Crippen LogP contribution in [0.2, 0.25) is 0 Å². The third kappa shape index (κ3) is 4.53. The molecule has 2 aliphatic rings. The Morgan fingerprint density at radius 2 is 1.61 bits per heavy atom. The lowest BCUT2D eigenvalue weighted by molar-refractivity contribution is 0.191. The third-order valence-corrected chi connectivity index (χ3v) is 7.52. The van der Waals surface area contributed by atoms with E-state index in [4.69, 9.17) is 5.73 Å². The summed E-state index contributed by atoms with van der Waals surface area (Å²) in [5.74, 6) is 6.64. The first-order chi connectivity index (χ1) is 11.0. The molecule has 0 aliphatic heterocycles. The highest BCUT2D eigenvalue weighted by molar-refractivity contribution is 5.00. The van der Waals surface area contributed by atoms with Crippen molar-refractivity contribution in [2.45, 2.75) is 98.4 Å². The topological polar surface area (TPSA) is 26.0 Å². The van der Waals surface area contributed by atoms with Gasteiger partial charge in [-0.1, -0.05) is 60.3 Å². The Balaban J connectivity index is 2.04. The molecule has 2 saturated carbocycles. The van der Waals surface area contributed by atoms with Gasteiger partial charge in [0, 0.05) is 6.04 Å². The zero-order valence-electron chi connectivity index (χ0n) is 16.6. The molecule has 0 heterocycles. The first kappa shape index (κ1) is 19.3. The van der Waals surface area contributed by atoms with Gasteiger partial charge in [0.25, 0.3) is 0 Å². The Hall–Kier alpha value is -0.0400. The fraction of sp³-hybridized carbons (Fsp3) is 1.00. The smallest absolute Gasteiger partial charge is 0.00672 e. The van der Waals surface area contributed by atoms with Gasteiger partial charge in [0.15, 0.2) is 0 Å². The van der Waals surface area contributed by atoms with Crippen molar-refractivity contribution in [3.05, 3.63) is 0 Å². The maximum Gasteiger partial charge on any atom is 0.00672 e. The van der Waals surface area contributed by atoms with Gasteiger partial charge in [-0.3, -0.25) is 0 Å². The van der Waals surface area contributed by atoms with Crippen molar-refractivity contribution in [1.29, 1.82) is 0 Å². The van der Waals surface area contributed by atoms with E-state index in [9.17, 15) is 0 Å². The molecular weight excluding hydrogens is 278 g/mol. The van der Waals surface area contributed by atoms with Gasteiger partial charge in [-0.15, -0.1) is 0 Å². The molecule has 136 valence electrons. The Labute approximate surface area is 146 Å². The van der Waals surface area contributed by atoms with Crippen LogP contribution < -0.4 is 5.73 Å². The summed E-state index contributed by atoms with van der Waals surface area (Å²) in [7, 11) is 0. The fourth-order valence-electron chi connectivity index (χ4n) is 6.09. The zero-order chi connectivity index (χ0) is 17.0. The van der Waals surface area contributed by atoms with E-state index in [1.165, 1.54) is 57.8 Å². The van der Waals surface area contributed by atoms with Gasteiger partial charge in [0.2, 0.25) is 0 Å². The van der Waals surface area contributed by atoms with Gasteiger partial charge in [0.1, 0.15) is 0 Å². The van der Waals surface area contributed by atoms with Crippen LogP contribution in [-0.2, 0) is 0 Å². The van der Waals surface area contributed by atoms with Crippen LogP contribution in [0.3, 0.4) is 0 Å². The van der Waals surface area contributed by atoms with Gasteiger partial charge in [0.05, 0.1) is 0 Å². The zero-order valence-corrected chi connectivity index (χ0v) is 16.6. The Morgan fingerprint density at radius 1 is 0.957 bits per heavy atom. The van der Waals surface area contributed by atoms with Gasteiger partial charge in [-0.2, -0.15) is 0 Å². The van der Waals surface area contributed by atoms with Crippen molar-refractivity contribution >= 4 is 0 Å². The van der Waals surface area contributed by atoms with Crippen LogP contribution in [-0.4, -0.2) is 6.04 Å². The second-order valence-electron chi connectivity index (χ2n) is 9.19. The molecule has 0 aromatic heterocycles. The monoisotopic (exact) mass is 321 g/mol. The molecule has 0 bridgehead atoms. The van der Waals surface area contributed by atoms with E-state index in [1.807, 2.05) is 0 Å². The molecule has 0 aromatic carbocycles. The summed E-state index contributed by atoms with van der Waals surface area (Å²) in [5, 5.41) is 0. The molecule has 8 atom stereocenters. The molecule has 0 amide bonds. The van der Waals surface area contributed by atoms with E-state index in [1.54, 1.807) is 0 Å². The summed E-state index contributed by atoms with van der Waals surface area (Å²) in [6, 6.07) is 0.470. The number of nitrogens with two attached hydrogens (primary N) is 1. The highest BCUT2D eigenvalue weighted by Crippen LogP contribution is 2.57. The molecular formula is C22H43N. The van der Waals surface area contributed by atoms with E-state index in [0.717, 1.165) is 41.4 Å². The molecule has 0 aromatic rings. The third-order valence-electron chi connectivity index (χ3n) is 7.52. The quantitative estimate of drug-likeness (QED) is 0.532. The molecule has 0 saturated heterocycles. The maximum absolute atomic E-state index is 6.52. The summed E-state index contributed by atoms with van der Waals surface area (Å²) in [4.78, 5) is 0. The average molecular weight is 322 g/mol. The summed E-state index contributed by atoms with van der Waals surface area (Å²) in [6.07, 6.45) is 12.5. The van der Waals surface area contributed by atoms with Gasteiger partial charge in [-0.05, 0) is 73.5 Å². The van der Waals surface area contributed by atoms with E-state index in [0.29, 0.717) is 6.04 Å². The number of hydrogen-bond donors (Lipinski definition) is 1. The average Bonchev–Trinajstić information content (AvgIpc) is 3.08. The molecule has 1 nitrogen and oxygen atoms in total. The molecule has 2 aliphatic carbocycles. The minimum absolute atomic E-state index is 0.470. The lowest BCUT2D eigenvalue weighted by Gasteiger charge is -2.31. The van der Waals surface area contributed by atoms with Crippen molar-refractivity contribution < 1.29 is 0 Å². The minimum Gasteiger partial charge on any atom is -0.327 e. The molecule has 1 heteroatoms. The van der Waals surface area contributed by atoms with Gasteiger partial charge < -0.3 is 5.73 Å². The van der Waals surface area contributed by atoms with Crippen LogP contribution in [0.5, 0.6) is 0 Å². The normalized spacial score (nSPS) is 37.6. The van der Waals surface area contributed by atoms with Gasteiger partial charge >= 0.3 is 0 Å². The van der Waals surface area contributed by atoms with Gasteiger partial charge in [-0.25, -0.2) is 0 Å². The molecule has 0 radical (unpaired) electrons. The van der Waals surface area contributed by atoms with Crippen molar-refractivity contribution in [2.75, 3.05) is 0 Å². The van der Waals surface area contributed by atoms with E-state index < -0.39 is 0 Å². The summed E-state index contributed by atoms with van der Waals surface area (Å²) in [5.41, 5.74) is 6.52. The van der Waals surface area contributed by atoms with Crippen LogP contribution >= 0.6 is 0 Å². The standard InChI is InChI=1S/C22H43N/c1-6-9-17(11-15(4)8-3)20-12-16(5)19-13-18(14-21(19)20)22(23)10-7-2/h15-22H,6-14,23H2,1-5H3. The molecule has 8 unspecified atom stereocenters. The predicted octanol–water partition coefficient (Wildman–Crippen LogP) is 6.26. The van der Waals surface area contributed by atoms with Crippen LogP contribution in [0.4, 0.5) is 0 Å².